The van der Waals surface area contributed by atoms with Gasteiger partial charge >= 0.3 is 5.97 Å². The maximum atomic E-state index is 13.2. The molecule has 0 unspecified atom stereocenters. The van der Waals surface area contributed by atoms with Crippen molar-refractivity contribution in [3.05, 3.63) is 58.4 Å². The predicted octanol–water partition coefficient (Wildman–Crippen LogP) is 3.36. The number of hydrogen-bond acceptors (Lipinski definition) is 6. The number of esters is 1. The van der Waals surface area contributed by atoms with E-state index in [0.29, 0.717) is 34.1 Å². The van der Waals surface area contributed by atoms with Crippen molar-refractivity contribution in [3.63, 3.8) is 0 Å². The molecule has 2 aromatic carbocycles. The van der Waals surface area contributed by atoms with Gasteiger partial charge in [-0.05, 0) is 43.7 Å². The molecule has 7 heteroatoms. The van der Waals surface area contributed by atoms with Gasteiger partial charge in [-0.25, -0.2) is 4.98 Å². The molecule has 0 fully saturated rings. The summed E-state index contributed by atoms with van der Waals surface area (Å²) in [4.78, 5) is 29.7. The van der Waals surface area contributed by atoms with Gasteiger partial charge in [0.05, 0.1) is 36.1 Å². The molecular weight excluding hydrogens is 364 g/mol. The van der Waals surface area contributed by atoms with Crippen molar-refractivity contribution >= 4 is 28.6 Å². The summed E-state index contributed by atoms with van der Waals surface area (Å²) < 4.78 is 11.9. The van der Waals surface area contributed by atoms with Crippen molar-refractivity contribution in [2.24, 2.45) is 0 Å². The Morgan fingerprint density at radius 3 is 2.74 bits per heavy atom. The molecule has 3 aromatic rings. The molecule has 0 atom stereocenters. The Kier molecular flexibility index (Phi) is 5.81. The molecule has 1 aromatic heterocycles. The van der Waals surface area contributed by atoms with Crippen LogP contribution in [-0.4, -0.2) is 35.0 Å². The van der Waals surface area contributed by atoms with E-state index in [1.54, 1.807) is 32.2 Å². The maximum Gasteiger partial charge on any atom is 0.316 e. The van der Waals surface area contributed by atoms with Gasteiger partial charge in [0.25, 0.3) is 5.56 Å². The lowest BCUT2D eigenvalue weighted by atomic mass is 10.2. The van der Waals surface area contributed by atoms with Crippen LogP contribution >= 0.6 is 11.8 Å². The summed E-state index contributed by atoms with van der Waals surface area (Å²) in [6.07, 6.45) is 0. The monoisotopic (exact) mass is 384 g/mol. The number of carbonyl (C=O) groups is 1. The summed E-state index contributed by atoms with van der Waals surface area (Å²) in [5, 5.41) is 0.914. The van der Waals surface area contributed by atoms with Crippen LogP contribution in [0.2, 0.25) is 0 Å². The molecule has 0 aliphatic rings. The molecule has 0 saturated carbocycles. The van der Waals surface area contributed by atoms with Gasteiger partial charge in [0.15, 0.2) is 5.16 Å². The zero-order valence-corrected chi connectivity index (χ0v) is 16.2. The van der Waals surface area contributed by atoms with Gasteiger partial charge in [0.2, 0.25) is 0 Å². The molecule has 0 amide bonds. The minimum atomic E-state index is -0.354. The Bertz CT molecular complexity index is 1050. The number of carbonyl (C=O) groups excluding carboxylic acids is 1. The largest absolute Gasteiger partial charge is 0.495 e. The second-order valence-corrected chi connectivity index (χ2v) is 6.76. The van der Waals surface area contributed by atoms with Gasteiger partial charge in [0, 0.05) is 0 Å². The molecule has 0 aliphatic carbocycles. The molecular formula is C20H20N2O4S. The van der Waals surface area contributed by atoms with Crippen LogP contribution in [0.15, 0.2) is 52.4 Å². The van der Waals surface area contributed by atoms with Crippen LogP contribution in [0.25, 0.3) is 16.6 Å². The van der Waals surface area contributed by atoms with Crippen LogP contribution in [0.3, 0.4) is 0 Å². The van der Waals surface area contributed by atoms with E-state index in [1.165, 1.54) is 16.3 Å². The standard InChI is InChI=1S/C20H20N2O4S/c1-4-26-18(23)12-27-20-21-15-8-6-5-7-14(15)19(24)22(20)16-11-13(2)9-10-17(16)25-3/h5-11H,4,12H2,1-3H3. The Hall–Kier alpha value is -2.80. The Morgan fingerprint density at radius 2 is 2.00 bits per heavy atom. The van der Waals surface area contributed by atoms with Crippen LogP contribution < -0.4 is 10.3 Å². The zero-order valence-electron chi connectivity index (χ0n) is 15.4. The van der Waals surface area contributed by atoms with Gasteiger partial charge in [-0.2, -0.15) is 0 Å². The fourth-order valence-corrected chi connectivity index (χ4v) is 3.53. The molecule has 6 nitrogen and oxygen atoms in total. The van der Waals surface area contributed by atoms with Crippen molar-refractivity contribution in [2.75, 3.05) is 19.5 Å². The Balaban J connectivity index is 2.21. The van der Waals surface area contributed by atoms with Gasteiger partial charge in [-0.1, -0.05) is 30.0 Å². The van der Waals surface area contributed by atoms with Crippen molar-refractivity contribution in [1.29, 1.82) is 0 Å². The number of hydrogen-bond donors (Lipinski definition) is 0. The number of rotatable bonds is 6. The average Bonchev–Trinajstić information content (AvgIpc) is 2.67. The number of methoxy groups -OCH3 is 1. The third-order valence-corrected chi connectivity index (χ3v) is 4.86. The van der Waals surface area contributed by atoms with Crippen LogP contribution in [-0.2, 0) is 9.53 Å². The fraction of sp³-hybridized carbons (Fsp3) is 0.250. The number of thioether (sulfide) groups is 1. The first-order valence-corrected chi connectivity index (χ1v) is 9.49. The van der Waals surface area contributed by atoms with Crippen LogP contribution in [0.5, 0.6) is 5.75 Å². The number of fused-ring (bicyclic) bond motifs is 1. The van der Waals surface area contributed by atoms with Gasteiger partial charge in [0.1, 0.15) is 5.75 Å². The molecule has 27 heavy (non-hydrogen) atoms. The lowest BCUT2D eigenvalue weighted by molar-refractivity contribution is -0.139. The van der Waals surface area contributed by atoms with E-state index in [4.69, 9.17) is 9.47 Å². The van der Waals surface area contributed by atoms with Crippen molar-refractivity contribution in [3.8, 4) is 11.4 Å². The van der Waals surface area contributed by atoms with Gasteiger partial charge < -0.3 is 9.47 Å². The second-order valence-electron chi connectivity index (χ2n) is 5.82. The highest BCUT2D eigenvalue weighted by atomic mass is 32.2. The van der Waals surface area contributed by atoms with E-state index in [0.717, 1.165) is 5.56 Å². The topological polar surface area (TPSA) is 70.4 Å². The van der Waals surface area contributed by atoms with Crippen molar-refractivity contribution in [2.45, 2.75) is 19.0 Å². The molecule has 0 aliphatic heterocycles. The van der Waals surface area contributed by atoms with Crippen molar-refractivity contribution in [1.82, 2.24) is 9.55 Å². The highest BCUT2D eigenvalue weighted by Gasteiger charge is 2.18. The second kappa shape index (κ2) is 8.26. The average molecular weight is 384 g/mol. The van der Waals surface area contributed by atoms with Crippen LogP contribution in [0.1, 0.15) is 12.5 Å². The summed E-state index contributed by atoms with van der Waals surface area (Å²) in [6, 6.07) is 12.7. The summed E-state index contributed by atoms with van der Waals surface area (Å²) in [7, 11) is 1.55. The van der Waals surface area contributed by atoms with Gasteiger partial charge in [-0.3, -0.25) is 14.2 Å². The summed E-state index contributed by atoms with van der Waals surface area (Å²) >= 11 is 1.17. The fourth-order valence-electron chi connectivity index (χ4n) is 2.72. The number of aromatic nitrogens is 2. The molecule has 0 spiro atoms. The number of benzene rings is 2. The minimum Gasteiger partial charge on any atom is -0.495 e. The Morgan fingerprint density at radius 1 is 1.22 bits per heavy atom. The molecule has 0 N–H and O–H groups in total. The predicted molar refractivity (Wildman–Crippen MR) is 106 cm³/mol. The maximum absolute atomic E-state index is 13.2. The summed E-state index contributed by atoms with van der Waals surface area (Å²) in [6.45, 7) is 4.00. The Labute approximate surface area is 161 Å². The third kappa shape index (κ3) is 3.98. The molecule has 3 rings (SSSR count). The molecule has 0 saturated heterocycles. The summed E-state index contributed by atoms with van der Waals surface area (Å²) in [5.41, 5.74) is 1.94. The first kappa shape index (κ1) is 19.0. The lowest BCUT2D eigenvalue weighted by Crippen LogP contribution is -2.23. The van der Waals surface area contributed by atoms with Crippen LogP contribution in [0.4, 0.5) is 0 Å². The summed E-state index contributed by atoms with van der Waals surface area (Å²) in [5.74, 6) is 0.262. The van der Waals surface area contributed by atoms with Crippen molar-refractivity contribution < 1.29 is 14.3 Å². The van der Waals surface area contributed by atoms with E-state index in [1.807, 2.05) is 31.2 Å². The highest BCUT2D eigenvalue weighted by Crippen LogP contribution is 2.28. The lowest BCUT2D eigenvalue weighted by Gasteiger charge is -2.16. The third-order valence-electron chi connectivity index (χ3n) is 3.94. The number of ether oxygens (including phenoxy) is 2. The SMILES string of the molecule is CCOC(=O)CSc1nc2ccccc2c(=O)n1-c1cc(C)ccc1OC. The first-order valence-electron chi connectivity index (χ1n) is 8.50. The number of aryl methyl sites for hydroxylation is 1. The molecule has 1 heterocycles. The normalized spacial score (nSPS) is 10.8. The smallest absolute Gasteiger partial charge is 0.316 e. The van der Waals surface area contributed by atoms with E-state index in [-0.39, 0.29) is 17.3 Å². The van der Waals surface area contributed by atoms with E-state index in [9.17, 15) is 9.59 Å². The van der Waals surface area contributed by atoms with Gasteiger partial charge in [-0.15, -0.1) is 0 Å². The molecule has 0 bridgehead atoms. The number of para-hydroxylation sites is 1. The minimum absolute atomic E-state index is 0.0623. The number of nitrogens with zero attached hydrogens (tertiary/aromatic N) is 2. The molecule has 140 valence electrons. The van der Waals surface area contributed by atoms with E-state index >= 15 is 0 Å². The zero-order chi connectivity index (χ0) is 19.4. The quantitative estimate of drug-likeness (QED) is 0.369. The first-order chi connectivity index (χ1) is 13.0. The van der Waals surface area contributed by atoms with Crippen LogP contribution in [0, 0.1) is 6.92 Å². The highest BCUT2D eigenvalue weighted by molar-refractivity contribution is 7.99. The molecule has 0 radical (unpaired) electrons. The van der Waals surface area contributed by atoms with E-state index in [2.05, 4.69) is 4.98 Å². The van der Waals surface area contributed by atoms with E-state index < -0.39 is 0 Å².